The largest absolute Gasteiger partial charge is 0.348 e. The Balaban J connectivity index is 1.23. The lowest BCUT2D eigenvalue weighted by Crippen LogP contribution is -2.30. The average molecular weight is 536 g/mol. The summed E-state index contributed by atoms with van der Waals surface area (Å²) in [6, 6.07) is 34.1. The van der Waals surface area contributed by atoms with Gasteiger partial charge in [0.2, 0.25) is 5.91 Å². The SMILES string of the molecule is O=C(Nc1ccccc1C(=O)NCc1ccccc1)c1ccc([C@@H]2SCC(=O)N2CCc2ccccc2)cc1. The van der Waals surface area contributed by atoms with Crippen LogP contribution in [0.5, 0.6) is 0 Å². The maximum absolute atomic E-state index is 13.1. The number of nitrogens with one attached hydrogen (secondary N) is 2. The van der Waals surface area contributed by atoms with Gasteiger partial charge in [0.25, 0.3) is 11.8 Å². The van der Waals surface area contributed by atoms with E-state index in [4.69, 9.17) is 0 Å². The van der Waals surface area contributed by atoms with E-state index in [0.717, 1.165) is 17.5 Å². The molecule has 0 saturated carbocycles. The van der Waals surface area contributed by atoms with Gasteiger partial charge in [-0.15, -0.1) is 11.8 Å². The quantitative estimate of drug-likeness (QED) is 0.289. The Morgan fingerprint density at radius 1 is 0.769 bits per heavy atom. The highest BCUT2D eigenvalue weighted by Gasteiger charge is 2.32. The standard InChI is InChI=1S/C32H29N3O3S/c36-29-22-39-32(35(29)20-19-23-9-3-1-4-10-23)26-17-15-25(16-18-26)30(37)34-28-14-8-7-13-27(28)31(38)33-21-24-11-5-2-6-12-24/h1-18,32H,19-22H2,(H,33,38)(H,34,37)/t32-/m0/s1. The van der Waals surface area contributed by atoms with E-state index in [1.54, 1.807) is 48.2 Å². The molecule has 3 amide bonds. The van der Waals surface area contributed by atoms with E-state index in [-0.39, 0.29) is 23.1 Å². The van der Waals surface area contributed by atoms with Crippen molar-refractivity contribution in [1.82, 2.24) is 10.2 Å². The van der Waals surface area contributed by atoms with E-state index in [1.807, 2.05) is 65.6 Å². The van der Waals surface area contributed by atoms with Crippen LogP contribution in [-0.4, -0.2) is 34.9 Å². The number of carbonyl (C=O) groups is 3. The number of hydrogen-bond acceptors (Lipinski definition) is 4. The van der Waals surface area contributed by atoms with E-state index in [2.05, 4.69) is 22.8 Å². The molecule has 196 valence electrons. The summed E-state index contributed by atoms with van der Waals surface area (Å²) in [5.41, 5.74) is 4.49. The zero-order chi connectivity index (χ0) is 27.0. The summed E-state index contributed by atoms with van der Waals surface area (Å²) in [5, 5.41) is 5.71. The minimum atomic E-state index is -0.305. The van der Waals surface area contributed by atoms with Crippen molar-refractivity contribution in [1.29, 1.82) is 0 Å². The topological polar surface area (TPSA) is 78.5 Å². The maximum Gasteiger partial charge on any atom is 0.255 e. The van der Waals surface area contributed by atoms with Gasteiger partial charge in [0, 0.05) is 18.7 Å². The molecule has 0 aromatic heterocycles. The first-order valence-electron chi connectivity index (χ1n) is 12.9. The number of carbonyl (C=O) groups excluding carboxylic acids is 3. The summed E-state index contributed by atoms with van der Waals surface area (Å²) in [4.78, 5) is 40.4. The minimum absolute atomic E-state index is 0.0765. The second-order valence-electron chi connectivity index (χ2n) is 9.28. The van der Waals surface area contributed by atoms with Crippen LogP contribution in [0.3, 0.4) is 0 Å². The summed E-state index contributed by atoms with van der Waals surface area (Å²) in [6.07, 6.45) is 0.794. The van der Waals surface area contributed by atoms with Crippen LogP contribution in [0.2, 0.25) is 0 Å². The fourth-order valence-corrected chi connectivity index (χ4v) is 5.74. The average Bonchev–Trinajstić information content (AvgIpc) is 3.36. The number of benzene rings is 4. The van der Waals surface area contributed by atoms with Gasteiger partial charge in [-0.25, -0.2) is 0 Å². The molecule has 6 nitrogen and oxygen atoms in total. The fourth-order valence-electron chi connectivity index (χ4n) is 4.52. The van der Waals surface area contributed by atoms with Gasteiger partial charge in [0.05, 0.1) is 17.0 Å². The number of para-hydroxylation sites is 1. The third kappa shape index (κ3) is 6.56. The predicted molar refractivity (Wildman–Crippen MR) is 156 cm³/mol. The molecule has 7 heteroatoms. The highest BCUT2D eigenvalue weighted by molar-refractivity contribution is 8.00. The lowest BCUT2D eigenvalue weighted by molar-refractivity contribution is -0.128. The van der Waals surface area contributed by atoms with Crippen molar-refractivity contribution in [2.24, 2.45) is 0 Å². The molecule has 0 aliphatic carbocycles. The molecule has 0 spiro atoms. The summed E-state index contributed by atoms with van der Waals surface area (Å²) < 4.78 is 0. The lowest BCUT2D eigenvalue weighted by Gasteiger charge is -2.24. The molecule has 4 aromatic rings. The van der Waals surface area contributed by atoms with E-state index in [0.29, 0.717) is 35.7 Å². The smallest absolute Gasteiger partial charge is 0.255 e. The molecule has 5 rings (SSSR count). The monoisotopic (exact) mass is 535 g/mol. The molecule has 1 saturated heterocycles. The summed E-state index contributed by atoms with van der Waals surface area (Å²) in [7, 11) is 0. The number of thioether (sulfide) groups is 1. The Labute approximate surface area is 232 Å². The molecule has 0 radical (unpaired) electrons. The maximum atomic E-state index is 13.1. The molecule has 0 unspecified atom stereocenters. The van der Waals surface area contributed by atoms with Crippen molar-refractivity contribution < 1.29 is 14.4 Å². The van der Waals surface area contributed by atoms with Crippen molar-refractivity contribution in [2.75, 3.05) is 17.6 Å². The summed E-state index contributed by atoms with van der Waals surface area (Å²) >= 11 is 1.60. The normalized spacial score (nSPS) is 14.7. The van der Waals surface area contributed by atoms with Crippen LogP contribution in [0, 0.1) is 0 Å². The second kappa shape index (κ2) is 12.5. The summed E-state index contributed by atoms with van der Waals surface area (Å²) in [6.45, 7) is 1.04. The molecule has 1 aliphatic rings. The van der Waals surface area contributed by atoms with Gasteiger partial charge in [0.1, 0.15) is 5.37 Å². The molecule has 1 fully saturated rings. The van der Waals surface area contributed by atoms with Crippen LogP contribution in [0.4, 0.5) is 5.69 Å². The highest BCUT2D eigenvalue weighted by atomic mass is 32.2. The Morgan fingerprint density at radius 2 is 1.41 bits per heavy atom. The van der Waals surface area contributed by atoms with Crippen LogP contribution < -0.4 is 10.6 Å². The molecule has 0 bridgehead atoms. The van der Waals surface area contributed by atoms with E-state index in [1.165, 1.54) is 5.56 Å². The van der Waals surface area contributed by atoms with Crippen molar-refractivity contribution in [2.45, 2.75) is 18.3 Å². The summed E-state index contributed by atoms with van der Waals surface area (Å²) in [5.74, 6) is 0.0135. The van der Waals surface area contributed by atoms with Gasteiger partial charge in [-0.2, -0.15) is 0 Å². The van der Waals surface area contributed by atoms with Gasteiger partial charge in [-0.3, -0.25) is 14.4 Å². The number of nitrogens with zero attached hydrogens (tertiary/aromatic N) is 1. The number of rotatable bonds is 9. The van der Waals surface area contributed by atoms with Gasteiger partial charge in [-0.05, 0) is 47.4 Å². The third-order valence-corrected chi connectivity index (χ3v) is 7.88. The van der Waals surface area contributed by atoms with Gasteiger partial charge in [-0.1, -0.05) is 84.9 Å². The van der Waals surface area contributed by atoms with Gasteiger partial charge in [0.15, 0.2) is 0 Å². The number of amides is 3. The molecule has 1 aliphatic heterocycles. The molecule has 4 aromatic carbocycles. The molecule has 1 atom stereocenters. The first-order valence-corrected chi connectivity index (χ1v) is 13.9. The van der Waals surface area contributed by atoms with Crippen molar-refractivity contribution in [3.05, 3.63) is 137 Å². The van der Waals surface area contributed by atoms with E-state index < -0.39 is 0 Å². The third-order valence-electron chi connectivity index (χ3n) is 6.63. The van der Waals surface area contributed by atoms with E-state index in [9.17, 15) is 14.4 Å². The van der Waals surface area contributed by atoms with E-state index >= 15 is 0 Å². The molecular weight excluding hydrogens is 506 g/mol. The Hall–Kier alpha value is -4.36. The Morgan fingerprint density at radius 3 is 2.13 bits per heavy atom. The van der Waals surface area contributed by atoms with Crippen LogP contribution in [0.25, 0.3) is 0 Å². The van der Waals surface area contributed by atoms with Gasteiger partial charge < -0.3 is 15.5 Å². The first-order chi connectivity index (χ1) is 19.1. The van der Waals surface area contributed by atoms with Crippen LogP contribution >= 0.6 is 11.8 Å². The number of anilines is 1. The zero-order valence-corrected chi connectivity index (χ0v) is 22.2. The van der Waals surface area contributed by atoms with Crippen LogP contribution in [0.15, 0.2) is 109 Å². The van der Waals surface area contributed by atoms with Crippen LogP contribution in [0.1, 0.15) is 42.8 Å². The second-order valence-corrected chi connectivity index (χ2v) is 10.3. The van der Waals surface area contributed by atoms with Crippen molar-refractivity contribution in [3.63, 3.8) is 0 Å². The Kier molecular flexibility index (Phi) is 8.39. The van der Waals surface area contributed by atoms with Crippen molar-refractivity contribution in [3.8, 4) is 0 Å². The molecule has 2 N–H and O–H groups in total. The highest BCUT2D eigenvalue weighted by Crippen LogP contribution is 2.38. The van der Waals surface area contributed by atoms with Crippen molar-refractivity contribution >= 4 is 35.2 Å². The lowest BCUT2D eigenvalue weighted by atomic mass is 10.1. The molecular formula is C32H29N3O3S. The number of hydrogen-bond donors (Lipinski definition) is 2. The Bertz CT molecular complexity index is 1440. The molecule has 1 heterocycles. The van der Waals surface area contributed by atoms with Crippen LogP contribution in [-0.2, 0) is 17.8 Å². The molecule has 39 heavy (non-hydrogen) atoms. The van der Waals surface area contributed by atoms with Gasteiger partial charge >= 0.3 is 0 Å². The predicted octanol–water partition coefficient (Wildman–Crippen LogP) is 5.69. The fraction of sp³-hybridized carbons (Fsp3) is 0.156. The first kappa shape index (κ1) is 26.3. The zero-order valence-electron chi connectivity index (χ0n) is 21.4. The minimum Gasteiger partial charge on any atom is -0.348 e.